The first-order valence-corrected chi connectivity index (χ1v) is 9.00. The predicted octanol–water partition coefficient (Wildman–Crippen LogP) is 2.47. The van der Waals surface area contributed by atoms with Gasteiger partial charge in [0.1, 0.15) is 5.52 Å². The second kappa shape index (κ2) is 4.94. The second-order valence-electron chi connectivity index (χ2n) is 5.95. The fourth-order valence-corrected chi connectivity index (χ4v) is 4.51. The molecule has 1 aromatic heterocycles. The molecule has 0 bridgehead atoms. The van der Waals surface area contributed by atoms with E-state index in [0.717, 1.165) is 0 Å². The molecule has 124 valence electrons. The summed E-state index contributed by atoms with van der Waals surface area (Å²) >= 11 is 0. The summed E-state index contributed by atoms with van der Waals surface area (Å²) in [5, 5.41) is 6.52. The Morgan fingerprint density at radius 3 is 2.50 bits per heavy atom. The highest BCUT2D eigenvalue weighted by molar-refractivity contribution is 7.92. The summed E-state index contributed by atoms with van der Waals surface area (Å²) in [4.78, 5) is 0.179. The molecule has 1 fully saturated rings. The Morgan fingerprint density at radius 1 is 1.12 bits per heavy atom. The van der Waals surface area contributed by atoms with Crippen LogP contribution < -0.4 is 11.5 Å². The summed E-state index contributed by atoms with van der Waals surface area (Å²) in [6.45, 7) is 0. The Hall–Kier alpha value is -2.61. The molecule has 3 aromatic rings. The molecule has 0 atom stereocenters. The number of sulfone groups is 1. The minimum atomic E-state index is -3.34. The molecule has 1 aliphatic carbocycles. The lowest BCUT2D eigenvalue weighted by Gasteiger charge is -2.10. The third-order valence-corrected chi connectivity index (χ3v) is 6.57. The van der Waals surface area contributed by atoms with Crippen LogP contribution >= 0.6 is 0 Å². The SMILES string of the molecule is Nc1cc(S(=O)(=O)C2CC2)ccc1-c1ccc2c(N)n[nH]c2c1F. The van der Waals surface area contributed by atoms with Gasteiger partial charge in [-0.15, -0.1) is 0 Å². The van der Waals surface area contributed by atoms with Gasteiger partial charge in [0.25, 0.3) is 0 Å². The standard InChI is InChI=1S/C16H15FN4O2S/c17-14-11(5-6-12-15(14)20-21-16(12)19)10-4-3-9(7-13(10)18)24(22,23)8-1-2-8/h3-8H,1-2,18H2,(H3,19,20,21). The molecule has 8 heteroatoms. The van der Waals surface area contributed by atoms with E-state index in [1.54, 1.807) is 12.1 Å². The van der Waals surface area contributed by atoms with Crippen molar-refractivity contribution in [3.63, 3.8) is 0 Å². The number of nitrogens with one attached hydrogen (secondary N) is 1. The van der Waals surface area contributed by atoms with E-state index in [1.165, 1.54) is 18.2 Å². The van der Waals surface area contributed by atoms with Gasteiger partial charge in [-0.2, -0.15) is 5.10 Å². The fourth-order valence-electron chi connectivity index (χ4n) is 2.82. The zero-order chi connectivity index (χ0) is 17.1. The third-order valence-electron chi connectivity index (χ3n) is 4.31. The zero-order valence-electron chi connectivity index (χ0n) is 12.6. The molecule has 1 saturated carbocycles. The highest BCUT2D eigenvalue weighted by atomic mass is 32.2. The smallest absolute Gasteiger partial charge is 0.181 e. The monoisotopic (exact) mass is 346 g/mol. The molecule has 24 heavy (non-hydrogen) atoms. The number of rotatable bonds is 3. The van der Waals surface area contributed by atoms with Gasteiger partial charge in [-0.05, 0) is 31.0 Å². The summed E-state index contributed by atoms with van der Waals surface area (Å²) in [5.74, 6) is -0.310. The van der Waals surface area contributed by atoms with Gasteiger partial charge in [-0.25, -0.2) is 12.8 Å². The largest absolute Gasteiger partial charge is 0.398 e. The Bertz CT molecular complexity index is 1070. The number of fused-ring (bicyclic) bond motifs is 1. The highest BCUT2D eigenvalue weighted by Gasteiger charge is 2.37. The van der Waals surface area contributed by atoms with Gasteiger partial charge in [0, 0.05) is 22.2 Å². The Balaban J connectivity index is 1.84. The van der Waals surface area contributed by atoms with Crippen LogP contribution in [0.15, 0.2) is 35.2 Å². The minimum absolute atomic E-state index is 0.179. The number of nitrogens with two attached hydrogens (primary N) is 2. The van der Waals surface area contributed by atoms with E-state index in [2.05, 4.69) is 10.2 Å². The predicted molar refractivity (Wildman–Crippen MR) is 90.5 cm³/mol. The van der Waals surface area contributed by atoms with Gasteiger partial charge < -0.3 is 11.5 Å². The number of nitrogen functional groups attached to an aromatic ring is 2. The molecule has 0 aliphatic heterocycles. The highest BCUT2D eigenvalue weighted by Crippen LogP contribution is 2.37. The first-order chi connectivity index (χ1) is 11.4. The molecule has 1 aliphatic rings. The van der Waals surface area contributed by atoms with E-state index >= 15 is 0 Å². The first-order valence-electron chi connectivity index (χ1n) is 7.45. The van der Waals surface area contributed by atoms with Crippen molar-refractivity contribution in [2.75, 3.05) is 11.5 Å². The number of benzene rings is 2. The van der Waals surface area contributed by atoms with Crippen LogP contribution in [0.25, 0.3) is 22.0 Å². The maximum atomic E-state index is 14.7. The number of hydrogen-bond acceptors (Lipinski definition) is 5. The number of aromatic nitrogens is 2. The summed E-state index contributed by atoms with van der Waals surface area (Å²) in [6, 6.07) is 7.62. The van der Waals surface area contributed by atoms with Gasteiger partial charge in [0.15, 0.2) is 21.5 Å². The molecule has 4 rings (SSSR count). The van der Waals surface area contributed by atoms with Crippen LogP contribution in [-0.2, 0) is 9.84 Å². The van der Waals surface area contributed by atoms with Gasteiger partial charge >= 0.3 is 0 Å². The van der Waals surface area contributed by atoms with E-state index < -0.39 is 15.7 Å². The number of H-pyrrole nitrogens is 1. The van der Waals surface area contributed by atoms with Crippen LogP contribution in [0.3, 0.4) is 0 Å². The molecule has 0 saturated heterocycles. The van der Waals surface area contributed by atoms with Crippen molar-refractivity contribution in [1.82, 2.24) is 10.2 Å². The van der Waals surface area contributed by atoms with Crippen molar-refractivity contribution in [1.29, 1.82) is 0 Å². The molecule has 0 amide bonds. The molecule has 2 aromatic carbocycles. The number of anilines is 2. The number of halogens is 1. The van der Waals surface area contributed by atoms with Crippen molar-refractivity contribution in [2.45, 2.75) is 23.0 Å². The normalized spacial score (nSPS) is 15.0. The Kier molecular flexibility index (Phi) is 3.08. The maximum Gasteiger partial charge on any atom is 0.181 e. The lowest BCUT2D eigenvalue weighted by Crippen LogP contribution is -2.08. The average Bonchev–Trinajstić information content (AvgIpc) is 3.34. The van der Waals surface area contributed by atoms with Crippen molar-refractivity contribution in [3.05, 3.63) is 36.1 Å². The van der Waals surface area contributed by atoms with E-state index in [-0.39, 0.29) is 32.7 Å². The van der Waals surface area contributed by atoms with Crippen LogP contribution in [0, 0.1) is 5.82 Å². The number of hydrogen-bond donors (Lipinski definition) is 3. The topological polar surface area (TPSA) is 115 Å². The zero-order valence-corrected chi connectivity index (χ0v) is 13.4. The molecule has 0 radical (unpaired) electrons. The molecule has 0 unspecified atom stereocenters. The number of aromatic amines is 1. The summed E-state index contributed by atoms with van der Waals surface area (Å²) in [7, 11) is -3.34. The van der Waals surface area contributed by atoms with Crippen LogP contribution in [0.2, 0.25) is 0 Å². The quantitative estimate of drug-likeness (QED) is 0.630. The Morgan fingerprint density at radius 2 is 1.83 bits per heavy atom. The van der Waals surface area contributed by atoms with Crippen LogP contribution in [-0.4, -0.2) is 23.9 Å². The van der Waals surface area contributed by atoms with Gasteiger partial charge in [0.2, 0.25) is 0 Å². The molecule has 1 heterocycles. The lowest BCUT2D eigenvalue weighted by atomic mass is 10.0. The summed E-state index contributed by atoms with van der Waals surface area (Å²) in [5.41, 5.74) is 12.8. The van der Waals surface area contributed by atoms with Crippen molar-refractivity contribution in [3.8, 4) is 11.1 Å². The van der Waals surface area contributed by atoms with Crippen LogP contribution in [0.4, 0.5) is 15.9 Å². The van der Waals surface area contributed by atoms with Crippen LogP contribution in [0.1, 0.15) is 12.8 Å². The number of nitrogens with zero attached hydrogens (tertiary/aromatic N) is 1. The molecular formula is C16H15FN4O2S. The van der Waals surface area contributed by atoms with Crippen LogP contribution in [0.5, 0.6) is 0 Å². The minimum Gasteiger partial charge on any atom is -0.398 e. The van der Waals surface area contributed by atoms with Crippen molar-refractivity contribution < 1.29 is 12.8 Å². The first kappa shape index (κ1) is 14.9. The van der Waals surface area contributed by atoms with Gasteiger partial charge in [0.05, 0.1) is 10.1 Å². The fraction of sp³-hybridized carbons (Fsp3) is 0.188. The molecule has 0 spiro atoms. The molecule has 5 N–H and O–H groups in total. The third kappa shape index (κ3) is 2.14. The van der Waals surface area contributed by atoms with Crippen molar-refractivity contribution in [2.24, 2.45) is 0 Å². The lowest BCUT2D eigenvalue weighted by molar-refractivity contribution is 0.595. The Labute approximate surface area is 137 Å². The van der Waals surface area contributed by atoms with E-state index in [4.69, 9.17) is 11.5 Å². The maximum absolute atomic E-state index is 14.7. The second-order valence-corrected chi connectivity index (χ2v) is 8.18. The molecule has 6 nitrogen and oxygen atoms in total. The average molecular weight is 346 g/mol. The summed E-state index contributed by atoms with van der Waals surface area (Å²) in [6.07, 6.45) is 1.35. The summed E-state index contributed by atoms with van der Waals surface area (Å²) < 4.78 is 39.3. The molecular weight excluding hydrogens is 331 g/mol. The van der Waals surface area contributed by atoms with Gasteiger partial charge in [-0.1, -0.05) is 12.1 Å². The van der Waals surface area contributed by atoms with E-state index in [9.17, 15) is 12.8 Å². The van der Waals surface area contributed by atoms with E-state index in [1.807, 2.05) is 0 Å². The van der Waals surface area contributed by atoms with Gasteiger partial charge in [-0.3, -0.25) is 5.10 Å². The van der Waals surface area contributed by atoms with E-state index in [0.29, 0.717) is 23.8 Å². The van der Waals surface area contributed by atoms with Crippen molar-refractivity contribution >= 4 is 32.2 Å².